The van der Waals surface area contributed by atoms with E-state index in [1.54, 1.807) is 4.57 Å². The smallest absolute Gasteiger partial charge is 0.394 e. The van der Waals surface area contributed by atoms with Crippen LogP contribution in [0.25, 0.3) is 0 Å². The number of nitrogens with zero attached hydrogens (tertiary/aromatic N) is 3. The van der Waals surface area contributed by atoms with Crippen molar-refractivity contribution in [2.75, 3.05) is 32.9 Å². The fourth-order valence-electron chi connectivity index (χ4n) is 6.63. The summed E-state index contributed by atoms with van der Waals surface area (Å²) in [5.74, 6) is -5.03. The Balaban J connectivity index is 2.27. The number of phosphoric ester groups is 1. The van der Waals surface area contributed by atoms with Gasteiger partial charge in [-0.1, -0.05) is 13.8 Å². The Morgan fingerprint density at radius 3 is 2.15 bits per heavy atom. The molecule has 1 aliphatic rings. The molecule has 0 spiro atoms. The summed E-state index contributed by atoms with van der Waals surface area (Å²) in [4.78, 5) is 105. The SMILES string of the molecule is CC(C)CC(NC(=O)C1CCCN1C(=O)CCOC(C)(C)CCOC(C)(C)C)C(=O)NC(Cc1cncn1CCCN)C(=O)NC(CO)C(=O)NC(C(N)=O)C(C)OP(=O)(O)O. The van der Waals surface area contributed by atoms with Crippen LogP contribution in [0.15, 0.2) is 12.5 Å². The summed E-state index contributed by atoms with van der Waals surface area (Å²) < 4.78 is 29.4. The molecule has 23 heteroatoms. The summed E-state index contributed by atoms with van der Waals surface area (Å²) in [6.45, 7) is 15.2. The number of likely N-dealkylation sites (tertiary alicyclic amines) is 1. The minimum atomic E-state index is -5.12. The van der Waals surface area contributed by atoms with Crippen molar-refractivity contribution in [3.8, 4) is 0 Å². The van der Waals surface area contributed by atoms with Gasteiger partial charge >= 0.3 is 7.82 Å². The van der Waals surface area contributed by atoms with Gasteiger partial charge in [-0.05, 0) is 86.1 Å². The number of aliphatic hydroxyl groups excluding tert-OH is 1. The van der Waals surface area contributed by atoms with Gasteiger partial charge in [0.2, 0.25) is 35.4 Å². The van der Waals surface area contributed by atoms with E-state index in [2.05, 4.69) is 30.8 Å². The number of phosphoric acid groups is 1. The molecule has 0 aromatic carbocycles. The van der Waals surface area contributed by atoms with Crippen LogP contribution in [0.5, 0.6) is 0 Å². The largest absolute Gasteiger partial charge is 0.469 e. The van der Waals surface area contributed by atoms with Gasteiger partial charge in [-0.3, -0.25) is 33.3 Å². The van der Waals surface area contributed by atoms with Gasteiger partial charge in [0, 0.05) is 38.0 Å². The predicted molar refractivity (Wildman–Crippen MR) is 225 cm³/mol. The van der Waals surface area contributed by atoms with E-state index >= 15 is 0 Å². The fraction of sp³-hybridized carbons (Fsp3) is 0.769. The second kappa shape index (κ2) is 24.7. The number of carbonyl (C=O) groups excluding carboxylic acids is 6. The van der Waals surface area contributed by atoms with Crippen molar-refractivity contribution < 1.29 is 62.2 Å². The lowest BCUT2D eigenvalue weighted by molar-refractivity contribution is -0.141. The summed E-state index contributed by atoms with van der Waals surface area (Å²) >= 11 is 0. The van der Waals surface area contributed by atoms with Gasteiger partial charge in [0.1, 0.15) is 30.2 Å². The van der Waals surface area contributed by atoms with Crippen LogP contribution < -0.4 is 32.7 Å². The molecule has 6 unspecified atom stereocenters. The lowest BCUT2D eigenvalue weighted by Gasteiger charge is -2.30. The number of amides is 6. The first-order chi connectivity index (χ1) is 28.8. The third kappa shape index (κ3) is 19.2. The number of nitrogens with two attached hydrogens (primary N) is 2. The highest BCUT2D eigenvalue weighted by Crippen LogP contribution is 2.38. The molecule has 0 radical (unpaired) electrons. The van der Waals surface area contributed by atoms with Crippen molar-refractivity contribution in [2.45, 2.75) is 154 Å². The molecule has 6 amide bonds. The zero-order valence-corrected chi connectivity index (χ0v) is 38.2. The van der Waals surface area contributed by atoms with E-state index in [4.69, 9.17) is 20.9 Å². The number of imidazole rings is 1. The Kier molecular flexibility index (Phi) is 21.6. The number of aryl methyl sites for hydroxylation is 1. The van der Waals surface area contributed by atoms with Gasteiger partial charge in [0.25, 0.3) is 0 Å². The Morgan fingerprint density at radius 1 is 0.935 bits per heavy atom. The molecule has 1 fully saturated rings. The molecule has 0 saturated carbocycles. The minimum absolute atomic E-state index is 0.0398. The topological polar surface area (TPSA) is 329 Å². The van der Waals surface area contributed by atoms with Gasteiger partial charge in [-0.25, -0.2) is 9.55 Å². The summed E-state index contributed by atoms with van der Waals surface area (Å²) in [5, 5.41) is 20.1. The molecular weight excluding hydrogens is 833 g/mol. The van der Waals surface area contributed by atoms with Crippen LogP contribution in [0, 0.1) is 5.92 Å². The second-order valence-corrected chi connectivity index (χ2v) is 18.6. The van der Waals surface area contributed by atoms with E-state index in [9.17, 15) is 48.2 Å². The Hall–Kier alpha value is -4.02. The average Bonchev–Trinajstić information content (AvgIpc) is 3.82. The lowest BCUT2D eigenvalue weighted by atomic mass is 10.0. The molecule has 0 bridgehead atoms. The van der Waals surface area contributed by atoms with Crippen LogP contribution in [0.2, 0.25) is 0 Å². The number of primary amides is 1. The summed E-state index contributed by atoms with van der Waals surface area (Å²) in [5.41, 5.74) is 10.7. The number of nitrogens with one attached hydrogen (secondary N) is 4. The van der Waals surface area contributed by atoms with Gasteiger partial charge in [-0.2, -0.15) is 0 Å². The van der Waals surface area contributed by atoms with Crippen molar-refractivity contribution >= 4 is 43.3 Å². The lowest BCUT2D eigenvalue weighted by Crippen LogP contribution is -2.61. The molecule has 2 heterocycles. The highest BCUT2D eigenvalue weighted by Gasteiger charge is 2.38. The molecule has 22 nitrogen and oxygen atoms in total. The second-order valence-electron chi connectivity index (χ2n) is 17.4. The Bertz CT molecular complexity index is 1700. The summed E-state index contributed by atoms with van der Waals surface area (Å²) in [6.07, 6.45) is 3.50. The number of carbonyl (C=O) groups is 6. The van der Waals surface area contributed by atoms with Crippen LogP contribution in [-0.2, 0) is 60.3 Å². The van der Waals surface area contributed by atoms with Crippen LogP contribution in [0.1, 0.15) is 99.6 Å². The molecule has 1 aromatic rings. The molecule has 0 aliphatic carbocycles. The number of hydrogen-bond acceptors (Lipinski definition) is 13. The zero-order chi connectivity index (χ0) is 47.0. The van der Waals surface area contributed by atoms with E-state index in [-0.39, 0.29) is 43.3 Å². The monoisotopic (exact) mass is 903 g/mol. The average molecular weight is 904 g/mol. The van der Waals surface area contributed by atoms with Crippen molar-refractivity contribution in [1.29, 1.82) is 0 Å². The van der Waals surface area contributed by atoms with Crippen molar-refractivity contribution in [2.24, 2.45) is 17.4 Å². The number of aliphatic hydroxyl groups is 1. The maximum absolute atomic E-state index is 14.1. The van der Waals surface area contributed by atoms with E-state index < -0.39 is 85.9 Å². The van der Waals surface area contributed by atoms with Crippen molar-refractivity contribution in [3.05, 3.63) is 18.2 Å². The third-order valence-corrected chi connectivity index (χ3v) is 10.5. The van der Waals surface area contributed by atoms with Crippen molar-refractivity contribution in [1.82, 2.24) is 35.7 Å². The predicted octanol–water partition coefficient (Wildman–Crippen LogP) is -0.883. The Morgan fingerprint density at radius 2 is 1.56 bits per heavy atom. The first-order valence-electron chi connectivity index (χ1n) is 20.9. The molecule has 354 valence electrons. The molecule has 2 rings (SSSR count). The Labute approximate surface area is 363 Å². The highest BCUT2D eigenvalue weighted by atomic mass is 31.2. The molecule has 1 aliphatic heterocycles. The summed E-state index contributed by atoms with van der Waals surface area (Å²) in [6, 6.07) is -6.98. The van der Waals surface area contributed by atoms with Crippen LogP contribution in [0.4, 0.5) is 0 Å². The molecule has 1 saturated heterocycles. The molecule has 11 N–H and O–H groups in total. The molecule has 1 aromatic heterocycles. The van der Waals surface area contributed by atoms with Gasteiger partial charge in [0.05, 0.1) is 43.3 Å². The number of ether oxygens (including phenoxy) is 2. The minimum Gasteiger partial charge on any atom is -0.394 e. The van der Waals surface area contributed by atoms with Gasteiger partial charge in [0.15, 0.2) is 0 Å². The van der Waals surface area contributed by atoms with Crippen LogP contribution in [-0.4, -0.2) is 145 Å². The van der Waals surface area contributed by atoms with Crippen LogP contribution >= 0.6 is 7.82 Å². The zero-order valence-electron chi connectivity index (χ0n) is 37.3. The highest BCUT2D eigenvalue weighted by molar-refractivity contribution is 7.46. The maximum atomic E-state index is 14.1. The number of rotatable bonds is 27. The molecule has 6 atom stereocenters. The standard InChI is InChI=1S/C39H70N9O13P/c1-24(2)19-27(44-37(55)30-11-9-16-48(30)31(50)12-17-60-39(7,8)13-18-59-38(4,5)6)34(52)43-28(20-26-21-42-23-47(26)15-10-14-40)35(53)45-29(22-49)36(54)46-32(33(41)51)25(3)61-62(56,57)58/h21,23-25,27-30,32,49H,9-20,22,40H2,1-8H3,(H2,41,51)(H,43,52)(H,44,55)(H,45,53)(H,46,54)(H2,56,57,58). The van der Waals surface area contributed by atoms with Crippen molar-refractivity contribution in [3.63, 3.8) is 0 Å². The van der Waals surface area contributed by atoms with E-state index in [1.807, 2.05) is 48.5 Å². The van der Waals surface area contributed by atoms with Gasteiger partial charge in [-0.15, -0.1) is 0 Å². The summed E-state index contributed by atoms with van der Waals surface area (Å²) in [7, 11) is -5.12. The number of aromatic nitrogens is 2. The molecule has 62 heavy (non-hydrogen) atoms. The first kappa shape index (κ1) is 54.1. The van der Waals surface area contributed by atoms with Crippen LogP contribution in [0.3, 0.4) is 0 Å². The number of hydrogen-bond donors (Lipinski definition) is 9. The normalized spacial score (nSPS) is 17.2. The van der Waals surface area contributed by atoms with E-state index in [0.717, 1.165) is 6.92 Å². The van der Waals surface area contributed by atoms with E-state index in [1.165, 1.54) is 17.4 Å². The van der Waals surface area contributed by atoms with E-state index in [0.29, 0.717) is 57.6 Å². The fourth-order valence-corrected chi connectivity index (χ4v) is 7.19. The molecular formula is C39H70N9O13P. The third-order valence-electron chi connectivity index (χ3n) is 9.90. The first-order valence-corrected chi connectivity index (χ1v) is 22.4. The van der Waals surface area contributed by atoms with Gasteiger partial charge < -0.3 is 66.6 Å². The quantitative estimate of drug-likeness (QED) is 0.0484. The maximum Gasteiger partial charge on any atom is 0.469 e.